The van der Waals surface area contributed by atoms with Crippen molar-refractivity contribution in [3.63, 3.8) is 0 Å². The van der Waals surface area contributed by atoms with Crippen molar-refractivity contribution in [3.05, 3.63) is 102 Å². The van der Waals surface area contributed by atoms with Crippen LogP contribution >= 0.6 is 0 Å². The van der Waals surface area contributed by atoms with Crippen LogP contribution in [-0.4, -0.2) is 23.9 Å². The third kappa shape index (κ3) is 4.55. The summed E-state index contributed by atoms with van der Waals surface area (Å²) < 4.78 is 30.3. The van der Waals surface area contributed by atoms with E-state index in [1.807, 2.05) is 43.3 Å². The highest BCUT2D eigenvalue weighted by Crippen LogP contribution is 2.24. The number of sulfonamides is 1. The van der Waals surface area contributed by atoms with E-state index < -0.39 is 15.9 Å². The highest BCUT2D eigenvalue weighted by atomic mass is 32.2. The Morgan fingerprint density at radius 1 is 0.906 bits per heavy atom. The van der Waals surface area contributed by atoms with Gasteiger partial charge in [-0.3, -0.25) is 14.1 Å². The molecule has 0 unspecified atom stereocenters. The Hall–Kier alpha value is -3.91. The molecule has 0 spiro atoms. The van der Waals surface area contributed by atoms with Crippen molar-refractivity contribution in [3.8, 4) is 5.69 Å². The quantitative estimate of drug-likeness (QED) is 0.455. The normalized spacial score (nSPS) is 11.2. The number of nitrogens with zero attached hydrogens (tertiary/aromatic N) is 2. The van der Waals surface area contributed by atoms with Gasteiger partial charge in [-0.2, -0.15) is 0 Å². The third-order valence-electron chi connectivity index (χ3n) is 4.91. The van der Waals surface area contributed by atoms with Gasteiger partial charge in [0.05, 0.1) is 17.4 Å². The molecule has 1 amide bonds. The van der Waals surface area contributed by atoms with Gasteiger partial charge in [-0.25, -0.2) is 13.4 Å². The van der Waals surface area contributed by atoms with Crippen molar-refractivity contribution in [2.75, 3.05) is 10.0 Å². The van der Waals surface area contributed by atoms with E-state index in [0.717, 1.165) is 11.3 Å². The molecule has 162 valence electrons. The minimum atomic E-state index is -3.84. The zero-order valence-electron chi connectivity index (χ0n) is 17.6. The Balaban J connectivity index is 1.60. The summed E-state index contributed by atoms with van der Waals surface area (Å²) in [5.41, 5.74) is 3.48. The topological polar surface area (TPSA) is 93.1 Å². The number of benzene rings is 3. The molecule has 0 saturated carbocycles. The number of anilines is 2. The minimum Gasteiger partial charge on any atom is -0.321 e. The van der Waals surface area contributed by atoms with Crippen molar-refractivity contribution in [2.45, 2.75) is 18.7 Å². The number of amides is 1. The van der Waals surface area contributed by atoms with Gasteiger partial charge >= 0.3 is 0 Å². The van der Waals surface area contributed by atoms with Crippen LogP contribution in [0.2, 0.25) is 0 Å². The first-order valence-corrected chi connectivity index (χ1v) is 11.4. The third-order valence-corrected chi connectivity index (χ3v) is 6.43. The van der Waals surface area contributed by atoms with E-state index in [-0.39, 0.29) is 4.90 Å². The number of para-hydroxylation sites is 1. The zero-order valence-corrected chi connectivity index (χ0v) is 18.4. The molecule has 4 aromatic rings. The van der Waals surface area contributed by atoms with Crippen LogP contribution in [0.15, 0.2) is 90.2 Å². The molecule has 4 rings (SSSR count). The average Bonchev–Trinajstić information content (AvgIpc) is 3.25. The van der Waals surface area contributed by atoms with E-state index >= 15 is 0 Å². The summed E-state index contributed by atoms with van der Waals surface area (Å²) >= 11 is 0. The van der Waals surface area contributed by atoms with Crippen LogP contribution in [0.3, 0.4) is 0 Å². The Morgan fingerprint density at radius 2 is 1.69 bits per heavy atom. The van der Waals surface area contributed by atoms with Crippen LogP contribution in [0.5, 0.6) is 0 Å². The molecule has 32 heavy (non-hydrogen) atoms. The monoisotopic (exact) mass is 446 g/mol. The van der Waals surface area contributed by atoms with Gasteiger partial charge in [0.1, 0.15) is 5.69 Å². The second-order valence-electron chi connectivity index (χ2n) is 7.39. The van der Waals surface area contributed by atoms with Crippen molar-refractivity contribution in [1.29, 1.82) is 0 Å². The molecule has 0 atom stereocenters. The van der Waals surface area contributed by atoms with Crippen LogP contribution in [0.1, 0.15) is 21.6 Å². The Bertz CT molecular complexity index is 1380. The lowest BCUT2D eigenvalue weighted by Gasteiger charge is -2.13. The molecule has 2 N–H and O–H groups in total. The van der Waals surface area contributed by atoms with Crippen molar-refractivity contribution in [1.82, 2.24) is 9.55 Å². The first-order valence-electron chi connectivity index (χ1n) is 9.93. The summed E-state index contributed by atoms with van der Waals surface area (Å²) in [5.74, 6) is -0.398. The molecule has 8 heteroatoms. The molecule has 0 radical (unpaired) electrons. The first-order chi connectivity index (χ1) is 15.3. The van der Waals surface area contributed by atoms with Gasteiger partial charge < -0.3 is 5.32 Å². The molecule has 1 aromatic heterocycles. The molecule has 0 bridgehead atoms. The smallest absolute Gasteiger partial charge is 0.274 e. The van der Waals surface area contributed by atoms with Crippen LogP contribution in [0.25, 0.3) is 5.69 Å². The maximum Gasteiger partial charge on any atom is 0.274 e. The number of carbonyl (C=O) groups is 1. The zero-order chi connectivity index (χ0) is 22.7. The molecule has 0 aliphatic rings. The minimum absolute atomic E-state index is 0.0911. The number of imidazole rings is 1. The van der Waals surface area contributed by atoms with Crippen molar-refractivity contribution in [2.24, 2.45) is 0 Å². The highest BCUT2D eigenvalue weighted by Gasteiger charge is 2.19. The lowest BCUT2D eigenvalue weighted by molar-refractivity contribution is 0.102. The average molecular weight is 447 g/mol. The van der Waals surface area contributed by atoms with Crippen molar-refractivity contribution < 1.29 is 13.2 Å². The summed E-state index contributed by atoms with van der Waals surface area (Å²) in [4.78, 5) is 17.1. The maximum atomic E-state index is 13.0. The van der Waals surface area contributed by atoms with Gasteiger partial charge in [0.2, 0.25) is 0 Å². The van der Waals surface area contributed by atoms with Gasteiger partial charge in [0.15, 0.2) is 0 Å². The van der Waals surface area contributed by atoms with E-state index in [1.54, 1.807) is 48.1 Å². The molecule has 1 heterocycles. The Morgan fingerprint density at radius 3 is 2.44 bits per heavy atom. The first kappa shape index (κ1) is 21.3. The summed E-state index contributed by atoms with van der Waals surface area (Å²) in [6.45, 7) is 3.60. The number of hydrogen-bond donors (Lipinski definition) is 2. The van der Waals surface area contributed by atoms with Crippen LogP contribution in [0.4, 0.5) is 11.4 Å². The van der Waals surface area contributed by atoms with Gasteiger partial charge in [-0.05, 0) is 61.4 Å². The van der Waals surface area contributed by atoms with Crippen LogP contribution < -0.4 is 10.0 Å². The van der Waals surface area contributed by atoms with E-state index in [4.69, 9.17) is 0 Å². The molecule has 0 fully saturated rings. The summed E-state index contributed by atoms with van der Waals surface area (Å²) in [5, 5.41) is 2.78. The van der Waals surface area contributed by atoms with Gasteiger partial charge in [-0.15, -0.1) is 0 Å². The maximum absolute atomic E-state index is 13.0. The summed E-state index contributed by atoms with van der Waals surface area (Å²) in [7, 11) is -3.84. The molecule has 3 aromatic carbocycles. The molecule has 7 nitrogen and oxygen atoms in total. The van der Waals surface area contributed by atoms with E-state index in [9.17, 15) is 13.2 Å². The van der Waals surface area contributed by atoms with Gasteiger partial charge in [0, 0.05) is 17.1 Å². The fraction of sp³-hybridized carbons (Fsp3) is 0.0833. The van der Waals surface area contributed by atoms with Crippen LogP contribution in [0, 0.1) is 13.8 Å². The number of carbonyl (C=O) groups excluding carboxylic acids is 1. The second-order valence-corrected chi connectivity index (χ2v) is 9.04. The SMILES string of the molecule is Cc1cccc(NS(=O)(=O)c2cc(NC(=O)c3cncn3-c3ccccc3)ccc2C)c1. The molecular weight excluding hydrogens is 424 g/mol. The number of aromatic nitrogens is 2. The molecule has 0 aliphatic heterocycles. The van der Waals surface area contributed by atoms with E-state index in [1.165, 1.54) is 12.3 Å². The fourth-order valence-corrected chi connectivity index (χ4v) is 4.66. The predicted molar refractivity (Wildman–Crippen MR) is 125 cm³/mol. The molecular formula is C24H22N4O3S. The lowest BCUT2D eigenvalue weighted by atomic mass is 10.2. The largest absolute Gasteiger partial charge is 0.321 e. The molecule has 0 saturated heterocycles. The summed E-state index contributed by atoms with van der Waals surface area (Å²) in [6, 6.07) is 21.3. The van der Waals surface area contributed by atoms with Crippen molar-refractivity contribution >= 4 is 27.3 Å². The molecule has 0 aliphatic carbocycles. The van der Waals surface area contributed by atoms with Crippen LogP contribution in [-0.2, 0) is 10.0 Å². The Labute approximate surface area is 186 Å². The number of hydrogen-bond acceptors (Lipinski definition) is 4. The predicted octanol–water partition coefficient (Wildman–Crippen LogP) is 4.54. The summed E-state index contributed by atoms with van der Waals surface area (Å²) in [6.07, 6.45) is 3.02. The lowest BCUT2D eigenvalue weighted by Crippen LogP contribution is -2.18. The standard InChI is InChI=1S/C24H22N4O3S/c1-17-7-6-8-20(13-17)27-32(30,31)23-14-19(12-11-18(23)2)26-24(29)22-15-25-16-28(22)21-9-4-3-5-10-21/h3-16,27H,1-2H3,(H,26,29). The van der Waals surface area contributed by atoms with Gasteiger partial charge in [0.25, 0.3) is 15.9 Å². The highest BCUT2D eigenvalue weighted by molar-refractivity contribution is 7.92. The number of rotatable bonds is 6. The van der Waals surface area contributed by atoms with E-state index in [0.29, 0.717) is 22.6 Å². The number of aryl methyl sites for hydroxylation is 2. The van der Waals surface area contributed by atoms with Gasteiger partial charge in [-0.1, -0.05) is 36.4 Å². The fourth-order valence-electron chi connectivity index (χ4n) is 3.34. The van der Waals surface area contributed by atoms with E-state index in [2.05, 4.69) is 15.0 Å². The second kappa shape index (κ2) is 8.68. The number of nitrogens with one attached hydrogen (secondary N) is 2. The Kier molecular flexibility index (Phi) is 5.79.